The summed E-state index contributed by atoms with van der Waals surface area (Å²) >= 11 is 8.23. The van der Waals surface area contributed by atoms with Gasteiger partial charge in [0.05, 0.1) is 35.2 Å². The molecule has 48 heavy (non-hydrogen) atoms. The molecule has 246 valence electrons. The van der Waals surface area contributed by atoms with Gasteiger partial charge in [-0.15, -0.1) is 0 Å². The lowest BCUT2D eigenvalue weighted by atomic mass is 9.95. The zero-order valence-corrected chi connectivity index (χ0v) is 27.8. The molecule has 5 aromatic rings. The SMILES string of the molecule is CCOC(=O)C1=C(C)N=c2s/c(=C\c3ccc(Sc4nc(-c5ccccc5)cc(C(F)(F)F)n4)o3)c(=O)n2[C@H]1c1cc(Cl)ccc1OC. The number of aromatic nitrogens is 3. The number of hydrogen-bond acceptors (Lipinski definition) is 10. The van der Waals surface area contributed by atoms with Crippen LogP contribution >= 0.6 is 34.7 Å². The van der Waals surface area contributed by atoms with Gasteiger partial charge in [-0.3, -0.25) is 9.36 Å². The van der Waals surface area contributed by atoms with Crippen molar-refractivity contribution < 1.29 is 31.9 Å². The lowest BCUT2D eigenvalue weighted by Gasteiger charge is -2.26. The molecular formula is C33H24ClF3N4O5S2. The van der Waals surface area contributed by atoms with Crippen molar-refractivity contribution in [2.24, 2.45) is 4.99 Å². The number of methoxy groups -OCH3 is 1. The number of ether oxygens (including phenoxy) is 2. The second kappa shape index (κ2) is 13.5. The summed E-state index contributed by atoms with van der Waals surface area (Å²) < 4.78 is 59.5. The highest BCUT2D eigenvalue weighted by atomic mass is 35.5. The van der Waals surface area contributed by atoms with E-state index in [4.69, 9.17) is 25.5 Å². The third-order valence-corrected chi connectivity index (χ3v) is 9.14. The van der Waals surface area contributed by atoms with Crippen LogP contribution in [0.4, 0.5) is 13.2 Å². The number of benzene rings is 2. The van der Waals surface area contributed by atoms with Crippen LogP contribution in [0, 0.1) is 0 Å². The zero-order valence-electron chi connectivity index (χ0n) is 25.4. The third-order valence-electron chi connectivity index (χ3n) is 7.14. The first-order valence-electron chi connectivity index (χ1n) is 14.3. The number of alkyl halides is 3. The predicted molar refractivity (Wildman–Crippen MR) is 174 cm³/mol. The molecule has 0 aliphatic carbocycles. The lowest BCUT2D eigenvalue weighted by Crippen LogP contribution is -2.40. The summed E-state index contributed by atoms with van der Waals surface area (Å²) in [5.41, 5.74) is 0.0246. The van der Waals surface area contributed by atoms with Crippen molar-refractivity contribution in [3.05, 3.63) is 120 Å². The number of fused-ring (bicyclic) bond motifs is 1. The number of thiazole rings is 1. The van der Waals surface area contributed by atoms with E-state index in [0.29, 0.717) is 32.4 Å². The maximum atomic E-state index is 14.0. The Bertz CT molecular complexity index is 2250. The number of carbonyl (C=O) groups excluding carboxylic acids is 1. The smallest absolute Gasteiger partial charge is 0.433 e. The molecule has 0 saturated carbocycles. The molecule has 0 amide bonds. The van der Waals surface area contributed by atoms with Gasteiger partial charge in [0.25, 0.3) is 5.56 Å². The lowest BCUT2D eigenvalue weighted by molar-refractivity contribution is -0.141. The molecule has 15 heteroatoms. The Morgan fingerprint density at radius 2 is 1.90 bits per heavy atom. The first-order chi connectivity index (χ1) is 23.0. The average Bonchev–Trinajstić information content (AvgIpc) is 3.62. The number of esters is 1. The molecule has 0 N–H and O–H groups in total. The summed E-state index contributed by atoms with van der Waals surface area (Å²) in [7, 11) is 1.47. The quantitative estimate of drug-likeness (QED) is 0.130. The highest BCUT2D eigenvalue weighted by molar-refractivity contribution is 7.99. The van der Waals surface area contributed by atoms with Crippen molar-refractivity contribution in [2.75, 3.05) is 13.7 Å². The van der Waals surface area contributed by atoms with Crippen LogP contribution in [0.3, 0.4) is 0 Å². The summed E-state index contributed by atoms with van der Waals surface area (Å²) in [6, 6.07) is 16.4. The maximum Gasteiger partial charge on any atom is 0.433 e. The van der Waals surface area contributed by atoms with Gasteiger partial charge in [0.2, 0.25) is 0 Å². The van der Waals surface area contributed by atoms with Crippen LogP contribution in [0.2, 0.25) is 5.02 Å². The number of furan rings is 1. The fourth-order valence-electron chi connectivity index (χ4n) is 5.06. The van der Waals surface area contributed by atoms with Crippen LogP contribution in [-0.2, 0) is 15.7 Å². The van der Waals surface area contributed by atoms with Crippen molar-refractivity contribution in [3.63, 3.8) is 0 Å². The Morgan fingerprint density at radius 1 is 1.12 bits per heavy atom. The van der Waals surface area contributed by atoms with E-state index in [-0.39, 0.29) is 38.4 Å². The monoisotopic (exact) mass is 712 g/mol. The van der Waals surface area contributed by atoms with E-state index < -0.39 is 29.4 Å². The minimum absolute atomic E-state index is 0.108. The highest BCUT2D eigenvalue weighted by Crippen LogP contribution is 2.38. The molecule has 3 aromatic heterocycles. The van der Waals surface area contributed by atoms with Gasteiger partial charge in [0.15, 0.2) is 15.1 Å². The van der Waals surface area contributed by atoms with Gasteiger partial charge in [-0.05, 0) is 62.0 Å². The largest absolute Gasteiger partial charge is 0.496 e. The van der Waals surface area contributed by atoms with Crippen LogP contribution in [0.25, 0.3) is 17.3 Å². The van der Waals surface area contributed by atoms with E-state index in [0.717, 1.165) is 29.2 Å². The van der Waals surface area contributed by atoms with E-state index >= 15 is 0 Å². The molecule has 1 aliphatic rings. The van der Waals surface area contributed by atoms with Gasteiger partial charge < -0.3 is 13.9 Å². The fraction of sp³-hybridized carbons (Fsp3) is 0.182. The molecule has 0 unspecified atom stereocenters. The van der Waals surface area contributed by atoms with Crippen molar-refractivity contribution in [1.29, 1.82) is 0 Å². The van der Waals surface area contributed by atoms with Gasteiger partial charge in [0, 0.05) is 22.2 Å². The summed E-state index contributed by atoms with van der Waals surface area (Å²) in [5.74, 6) is 0.00615. The minimum atomic E-state index is -4.69. The molecule has 0 saturated heterocycles. The van der Waals surface area contributed by atoms with Crippen LogP contribution in [-0.4, -0.2) is 34.2 Å². The zero-order chi connectivity index (χ0) is 34.2. The molecular weight excluding hydrogens is 689 g/mol. The van der Waals surface area contributed by atoms with Crippen LogP contribution in [0.1, 0.15) is 36.9 Å². The minimum Gasteiger partial charge on any atom is -0.496 e. The number of hydrogen-bond donors (Lipinski definition) is 0. The van der Waals surface area contributed by atoms with Gasteiger partial charge in [-0.1, -0.05) is 53.3 Å². The van der Waals surface area contributed by atoms with Gasteiger partial charge >= 0.3 is 12.1 Å². The number of rotatable bonds is 8. The molecule has 1 atom stereocenters. The summed E-state index contributed by atoms with van der Waals surface area (Å²) in [6.07, 6.45) is -3.20. The molecule has 0 spiro atoms. The Balaban J connectivity index is 1.40. The molecule has 1 aliphatic heterocycles. The topological polar surface area (TPSA) is 109 Å². The Hall–Kier alpha value is -4.66. The Kier molecular flexibility index (Phi) is 9.32. The average molecular weight is 713 g/mol. The molecule has 0 fully saturated rings. The summed E-state index contributed by atoms with van der Waals surface area (Å²) in [4.78, 5) is 40.1. The van der Waals surface area contributed by atoms with Crippen LogP contribution < -0.4 is 19.6 Å². The fourth-order valence-corrected chi connectivity index (χ4v) is 7.01. The van der Waals surface area contributed by atoms with Gasteiger partial charge in [0.1, 0.15) is 23.2 Å². The Labute approximate surface area is 284 Å². The van der Waals surface area contributed by atoms with Gasteiger partial charge in [-0.25, -0.2) is 19.8 Å². The second-order valence-corrected chi connectivity index (χ2v) is 12.6. The van der Waals surface area contributed by atoms with Crippen LogP contribution in [0.5, 0.6) is 5.75 Å². The van der Waals surface area contributed by atoms with E-state index in [2.05, 4.69) is 15.0 Å². The number of carbonyl (C=O) groups is 1. The standard InChI is InChI=1S/C33H24ClF3N4O5S2/c1-4-45-30(43)27-17(2)38-32-41(28(27)21-14-19(34)10-12-23(21)44-3)29(42)24(47-32)15-20-11-13-26(46-20)48-31-39-22(18-8-6-5-7-9-18)16-25(40-31)33(35,36)37/h5-16,28H,4H2,1-3H3/b24-15-/t28-/m0/s1. The van der Waals surface area contributed by atoms with E-state index in [1.807, 2.05) is 0 Å². The first-order valence-corrected chi connectivity index (χ1v) is 16.3. The highest BCUT2D eigenvalue weighted by Gasteiger charge is 2.36. The molecule has 9 nitrogen and oxygen atoms in total. The summed E-state index contributed by atoms with van der Waals surface area (Å²) in [5, 5.41) is 0.405. The number of allylic oxidation sites excluding steroid dienone is 1. The van der Waals surface area contributed by atoms with Gasteiger partial charge in [-0.2, -0.15) is 13.2 Å². The maximum absolute atomic E-state index is 14.0. The van der Waals surface area contributed by atoms with E-state index in [1.54, 1.807) is 74.5 Å². The molecule has 0 radical (unpaired) electrons. The summed E-state index contributed by atoms with van der Waals surface area (Å²) in [6.45, 7) is 3.44. The second-order valence-electron chi connectivity index (χ2n) is 10.2. The molecule has 6 rings (SSSR count). The molecule has 0 bridgehead atoms. The number of halogens is 4. The normalized spacial score (nSPS) is 14.9. The van der Waals surface area contributed by atoms with Crippen molar-refractivity contribution >= 4 is 46.7 Å². The van der Waals surface area contributed by atoms with E-state index in [1.165, 1.54) is 17.8 Å². The van der Waals surface area contributed by atoms with Crippen molar-refractivity contribution in [2.45, 2.75) is 36.3 Å². The third kappa shape index (κ3) is 6.68. The predicted octanol–water partition coefficient (Wildman–Crippen LogP) is 6.68. The molecule has 4 heterocycles. The van der Waals surface area contributed by atoms with Crippen molar-refractivity contribution in [1.82, 2.24) is 14.5 Å². The van der Waals surface area contributed by atoms with Crippen molar-refractivity contribution in [3.8, 4) is 17.0 Å². The van der Waals surface area contributed by atoms with E-state index in [9.17, 15) is 22.8 Å². The number of nitrogens with zero attached hydrogens (tertiary/aromatic N) is 4. The Morgan fingerprint density at radius 3 is 2.60 bits per heavy atom. The molecule has 2 aromatic carbocycles. The first kappa shape index (κ1) is 33.2. The van der Waals surface area contributed by atoms with Crippen LogP contribution in [0.15, 0.2) is 102 Å².